The smallest absolute Gasteiger partial charge is 0.277 e. The number of ether oxygens (including phenoxy) is 1. The summed E-state index contributed by atoms with van der Waals surface area (Å²) in [4.78, 5) is 13.0. The van der Waals surface area contributed by atoms with E-state index in [1.54, 1.807) is 6.92 Å². The lowest BCUT2D eigenvalue weighted by atomic mass is 10.1. The second kappa shape index (κ2) is 10.3. The lowest BCUT2D eigenvalue weighted by Crippen LogP contribution is -2.19. The molecule has 2 atom stereocenters. The van der Waals surface area contributed by atoms with Crippen LogP contribution in [0.4, 0.5) is 14.5 Å². The molecule has 6 nitrogen and oxygen atoms in total. The van der Waals surface area contributed by atoms with Gasteiger partial charge in [-0.05, 0) is 72.8 Å². The second-order valence-corrected chi connectivity index (χ2v) is 8.08. The Morgan fingerprint density at radius 1 is 0.939 bits per heavy atom. The number of amides is 1. The molecule has 0 spiro atoms. The molecule has 0 aliphatic heterocycles. The van der Waals surface area contributed by atoms with Gasteiger partial charge in [-0.2, -0.15) is 0 Å². The second-order valence-electron chi connectivity index (χ2n) is 7.02. The first-order chi connectivity index (χ1) is 16.0. The number of hydrogen-bond donors (Lipinski definition) is 1. The highest BCUT2D eigenvalue weighted by Gasteiger charge is 2.26. The van der Waals surface area contributed by atoms with E-state index in [9.17, 15) is 13.6 Å². The average molecular weight is 467 g/mol. The molecule has 2 unspecified atom stereocenters. The molecule has 3 aromatic carbocycles. The zero-order valence-electron chi connectivity index (χ0n) is 17.4. The molecule has 0 saturated heterocycles. The summed E-state index contributed by atoms with van der Waals surface area (Å²) in [6.45, 7) is 1.72. The molecule has 0 aliphatic carbocycles. The van der Waals surface area contributed by atoms with Crippen molar-refractivity contribution in [2.45, 2.75) is 23.5 Å². The van der Waals surface area contributed by atoms with Gasteiger partial charge in [0.05, 0.1) is 0 Å². The Labute approximate surface area is 193 Å². The van der Waals surface area contributed by atoms with Gasteiger partial charge in [0.2, 0.25) is 5.91 Å². The van der Waals surface area contributed by atoms with E-state index in [0.29, 0.717) is 11.4 Å². The fourth-order valence-electron chi connectivity index (χ4n) is 2.94. The van der Waals surface area contributed by atoms with E-state index in [1.165, 1.54) is 48.5 Å². The molecule has 0 bridgehead atoms. The van der Waals surface area contributed by atoms with Gasteiger partial charge in [0.25, 0.3) is 11.1 Å². The minimum absolute atomic E-state index is 0.183. The lowest BCUT2D eigenvalue weighted by Gasteiger charge is -2.15. The lowest BCUT2D eigenvalue weighted by molar-refractivity contribution is -0.115. The first kappa shape index (κ1) is 22.5. The molecule has 9 heteroatoms. The van der Waals surface area contributed by atoms with Crippen molar-refractivity contribution in [1.82, 2.24) is 10.2 Å². The quantitative estimate of drug-likeness (QED) is 0.322. The number of nitrogens with zero attached hydrogens (tertiary/aromatic N) is 2. The molecule has 4 aromatic rings. The molecular weight excluding hydrogens is 448 g/mol. The number of nitrogens with one attached hydrogen (secondary N) is 1. The number of thioether (sulfide) groups is 1. The van der Waals surface area contributed by atoms with Crippen LogP contribution in [0, 0.1) is 11.6 Å². The third-order valence-corrected chi connectivity index (χ3v) is 5.66. The summed E-state index contributed by atoms with van der Waals surface area (Å²) in [6, 6.07) is 20.2. The molecule has 1 N–H and O–H groups in total. The molecule has 0 saturated carbocycles. The molecule has 33 heavy (non-hydrogen) atoms. The highest BCUT2D eigenvalue weighted by atomic mass is 32.2. The predicted molar refractivity (Wildman–Crippen MR) is 120 cm³/mol. The number of hydrogen-bond acceptors (Lipinski definition) is 6. The predicted octanol–water partition coefficient (Wildman–Crippen LogP) is 5.96. The molecule has 168 valence electrons. The van der Waals surface area contributed by atoms with Gasteiger partial charge < -0.3 is 14.5 Å². The first-order valence-electron chi connectivity index (χ1n) is 10.0. The number of benzene rings is 3. The van der Waals surface area contributed by atoms with Gasteiger partial charge in [0.1, 0.15) is 22.6 Å². The Bertz CT molecular complexity index is 1200. The Morgan fingerprint density at radius 2 is 1.58 bits per heavy atom. The van der Waals surface area contributed by atoms with Crippen LogP contribution in [-0.4, -0.2) is 16.1 Å². The van der Waals surface area contributed by atoms with Crippen molar-refractivity contribution in [3.63, 3.8) is 0 Å². The summed E-state index contributed by atoms with van der Waals surface area (Å²) in [5, 5.41) is 10.3. The molecule has 0 radical (unpaired) electrons. The van der Waals surface area contributed by atoms with E-state index >= 15 is 0 Å². The summed E-state index contributed by atoms with van der Waals surface area (Å²) in [5.41, 5.74) is 1.20. The first-order valence-corrected chi connectivity index (χ1v) is 10.9. The average Bonchev–Trinajstić information content (AvgIpc) is 3.30. The highest BCUT2D eigenvalue weighted by molar-refractivity contribution is 8.00. The van der Waals surface area contributed by atoms with Gasteiger partial charge in [0, 0.05) is 5.69 Å². The number of aromatic nitrogens is 2. The monoisotopic (exact) mass is 467 g/mol. The van der Waals surface area contributed by atoms with Crippen molar-refractivity contribution in [2.75, 3.05) is 5.32 Å². The normalized spacial score (nSPS) is 12.7. The molecular formula is C24H19F2N3O3S. The zero-order valence-corrected chi connectivity index (χ0v) is 18.3. The number of anilines is 1. The molecule has 0 aliphatic rings. The number of carbonyl (C=O) groups excluding carboxylic acids is 1. The van der Waals surface area contributed by atoms with Crippen LogP contribution in [0.15, 0.2) is 88.5 Å². The minimum atomic E-state index is -0.696. The van der Waals surface area contributed by atoms with Crippen LogP contribution in [0.1, 0.15) is 29.7 Å². The number of halogens is 2. The van der Waals surface area contributed by atoms with Crippen LogP contribution in [-0.2, 0) is 4.79 Å². The van der Waals surface area contributed by atoms with E-state index in [-0.39, 0.29) is 22.8 Å². The maximum atomic E-state index is 13.2. The van der Waals surface area contributed by atoms with Gasteiger partial charge in [-0.3, -0.25) is 4.79 Å². The van der Waals surface area contributed by atoms with Crippen molar-refractivity contribution in [3.05, 3.63) is 102 Å². The van der Waals surface area contributed by atoms with E-state index in [4.69, 9.17) is 9.15 Å². The maximum Gasteiger partial charge on any atom is 0.277 e. The van der Waals surface area contributed by atoms with Crippen LogP contribution in [0.3, 0.4) is 0 Å². The van der Waals surface area contributed by atoms with Gasteiger partial charge >= 0.3 is 0 Å². The summed E-state index contributed by atoms with van der Waals surface area (Å²) >= 11 is 1.09. The summed E-state index contributed by atoms with van der Waals surface area (Å²) in [7, 11) is 0. The van der Waals surface area contributed by atoms with Crippen LogP contribution >= 0.6 is 11.8 Å². The SMILES string of the molecule is CC(Oc1ccc(F)cc1)c1nnc(SC(C(=O)Nc2ccc(F)cc2)c2ccccc2)o1. The van der Waals surface area contributed by atoms with Crippen molar-refractivity contribution in [1.29, 1.82) is 0 Å². The van der Waals surface area contributed by atoms with E-state index in [1.807, 2.05) is 30.3 Å². The number of rotatable bonds is 8. The molecule has 1 aromatic heterocycles. The largest absolute Gasteiger partial charge is 0.481 e. The minimum Gasteiger partial charge on any atom is -0.481 e. The molecule has 1 heterocycles. The molecule has 4 rings (SSSR count). The molecule has 1 amide bonds. The topological polar surface area (TPSA) is 77.2 Å². The van der Waals surface area contributed by atoms with Crippen LogP contribution in [0.2, 0.25) is 0 Å². The third-order valence-electron chi connectivity index (χ3n) is 4.57. The number of carbonyl (C=O) groups is 1. The highest BCUT2D eigenvalue weighted by Crippen LogP contribution is 2.36. The van der Waals surface area contributed by atoms with Crippen molar-refractivity contribution < 1.29 is 22.7 Å². The Kier molecular flexibility index (Phi) is 6.99. The Morgan fingerprint density at radius 3 is 2.24 bits per heavy atom. The summed E-state index contributed by atoms with van der Waals surface area (Å²) < 4.78 is 37.7. The van der Waals surface area contributed by atoms with Gasteiger partial charge in [-0.25, -0.2) is 8.78 Å². The van der Waals surface area contributed by atoms with Gasteiger partial charge in [-0.1, -0.05) is 30.3 Å². The zero-order chi connectivity index (χ0) is 23.2. The van der Waals surface area contributed by atoms with Crippen molar-refractivity contribution in [2.24, 2.45) is 0 Å². The van der Waals surface area contributed by atoms with Crippen LogP contribution in [0.5, 0.6) is 5.75 Å². The van der Waals surface area contributed by atoms with E-state index < -0.39 is 17.2 Å². The standard InChI is InChI=1S/C24H19F2N3O3S/c1-15(31-20-13-9-18(26)10-14-20)23-28-29-24(32-23)33-21(16-5-3-2-4-6-16)22(30)27-19-11-7-17(25)8-12-19/h2-15,21H,1H3,(H,27,30). The third kappa shape index (κ3) is 5.95. The summed E-state index contributed by atoms with van der Waals surface area (Å²) in [5.74, 6) is -0.410. The molecule has 0 fully saturated rings. The van der Waals surface area contributed by atoms with E-state index in [2.05, 4.69) is 15.5 Å². The maximum absolute atomic E-state index is 13.2. The van der Waals surface area contributed by atoms with E-state index in [0.717, 1.165) is 17.3 Å². The van der Waals surface area contributed by atoms with Crippen molar-refractivity contribution >= 4 is 23.4 Å². The van der Waals surface area contributed by atoms with Gasteiger partial charge in [0.15, 0.2) is 6.10 Å². The van der Waals surface area contributed by atoms with Crippen LogP contribution < -0.4 is 10.1 Å². The fourth-order valence-corrected chi connectivity index (χ4v) is 3.82. The Balaban J connectivity index is 1.49. The summed E-state index contributed by atoms with van der Waals surface area (Å²) in [6.07, 6.45) is -0.583. The van der Waals surface area contributed by atoms with Gasteiger partial charge in [-0.15, -0.1) is 10.2 Å². The fraction of sp³-hybridized carbons (Fsp3) is 0.125. The Hall–Kier alpha value is -3.72. The van der Waals surface area contributed by atoms with Crippen LogP contribution in [0.25, 0.3) is 0 Å². The van der Waals surface area contributed by atoms with Crippen molar-refractivity contribution in [3.8, 4) is 5.75 Å².